The third-order valence-corrected chi connectivity index (χ3v) is 1.65. The zero-order valence-electron chi connectivity index (χ0n) is 7.69. The molecule has 0 atom stereocenters. The van der Waals surface area contributed by atoms with Crippen LogP contribution in [-0.2, 0) is 4.74 Å². The molecular weight excluding hydrogens is 164 g/mol. The molecule has 1 radical (unpaired) electrons. The van der Waals surface area contributed by atoms with Gasteiger partial charge < -0.3 is 9.47 Å². The maximum Gasteiger partial charge on any atom is 0.126 e. The number of hydrogen-bond donors (Lipinski definition) is 0. The Morgan fingerprint density at radius 3 is 2.85 bits per heavy atom. The van der Waals surface area contributed by atoms with Crippen molar-refractivity contribution in [3.63, 3.8) is 0 Å². The summed E-state index contributed by atoms with van der Waals surface area (Å²) in [7, 11) is 4.93. The summed E-state index contributed by atoms with van der Waals surface area (Å²) >= 11 is 0. The fourth-order valence-electron chi connectivity index (χ4n) is 1.05. The summed E-state index contributed by atoms with van der Waals surface area (Å²) in [4.78, 5) is 0. The molecule has 0 unspecified atom stereocenters. The van der Waals surface area contributed by atoms with Gasteiger partial charge in [0.1, 0.15) is 5.75 Å². The van der Waals surface area contributed by atoms with Gasteiger partial charge in [0.25, 0.3) is 0 Å². The molecule has 2 nitrogen and oxygen atoms in total. The summed E-state index contributed by atoms with van der Waals surface area (Å²) in [6.07, 6.45) is 3.84. The molecule has 0 aromatic heterocycles. The van der Waals surface area contributed by atoms with E-state index in [9.17, 15) is 0 Å². The van der Waals surface area contributed by atoms with Crippen molar-refractivity contribution in [2.24, 2.45) is 0 Å². The summed E-state index contributed by atoms with van der Waals surface area (Å²) in [5.41, 5.74) is 1.04. The fraction of sp³-hybridized carbons (Fsp3) is 0.182. The molecule has 0 saturated carbocycles. The van der Waals surface area contributed by atoms with Gasteiger partial charge in [0.2, 0.25) is 0 Å². The summed E-state index contributed by atoms with van der Waals surface area (Å²) in [5, 5.41) is 0. The first-order valence-electron chi connectivity index (χ1n) is 4.05. The normalized spacial score (nSPS) is 10.6. The zero-order valence-corrected chi connectivity index (χ0v) is 7.69. The van der Waals surface area contributed by atoms with Crippen LogP contribution in [-0.4, -0.2) is 13.7 Å². The lowest BCUT2D eigenvalue weighted by molar-refractivity contribution is 0.282. The number of ether oxygens (including phenoxy) is 2. The summed E-state index contributed by atoms with van der Waals surface area (Å²) in [5.74, 6) is 0.864. The van der Waals surface area contributed by atoms with Gasteiger partial charge in [-0.05, 0) is 6.07 Å². The molecule has 0 heterocycles. The monoisotopic (exact) mass is 177 g/mol. The van der Waals surface area contributed by atoms with Crippen LogP contribution >= 0.6 is 0 Å². The van der Waals surface area contributed by atoms with E-state index in [1.54, 1.807) is 7.11 Å². The SMILES string of the molecule is [CH2]OCC=Cc1ccccc1OC. The molecule has 0 bridgehead atoms. The molecule has 0 spiro atoms. The van der Waals surface area contributed by atoms with Gasteiger partial charge in [0.15, 0.2) is 0 Å². The van der Waals surface area contributed by atoms with Gasteiger partial charge in [-0.25, -0.2) is 0 Å². The number of rotatable bonds is 4. The Bertz CT molecular complexity index is 279. The van der Waals surface area contributed by atoms with Crippen LogP contribution in [0, 0.1) is 7.11 Å². The molecule has 1 rings (SSSR count). The molecule has 0 N–H and O–H groups in total. The number of benzene rings is 1. The maximum atomic E-state index is 5.17. The summed E-state index contributed by atoms with van der Waals surface area (Å²) in [6.45, 7) is 0.512. The number of methoxy groups -OCH3 is 1. The minimum absolute atomic E-state index is 0.512. The second-order valence-electron chi connectivity index (χ2n) is 2.52. The van der Waals surface area contributed by atoms with Crippen LogP contribution in [0.1, 0.15) is 5.56 Å². The molecule has 69 valence electrons. The van der Waals surface area contributed by atoms with Crippen molar-refractivity contribution in [1.82, 2.24) is 0 Å². The second-order valence-corrected chi connectivity index (χ2v) is 2.52. The molecule has 0 aliphatic rings. The van der Waals surface area contributed by atoms with Crippen LogP contribution in [0.25, 0.3) is 6.08 Å². The minimum Gasteiger partial charge on any atom is -0.496 e. The summed E-state index contributed by atoms with van der Waals surface area (Å²) in [6, 6.07) is 7.81. The molecule has 1 aromatic carbocycles. The van der Waals surface area contributed by atoms with Gasteiger partial charge in [0.05, 0.1) is 20.8 Å². The van der Waals surface area contributed by atoms with E-state index < -0.39 is 0 Å². The lowest BCUT2D eigenvalue weighted by Gasteiger charge is -2.02. The molecule has 0 saturated heterocycles. The van der Waals surface area contributed by atoms with E-state index in [4.69, 9.17) is 4.74 Å². The van der Waals surface area contributed by atoms with E-state index in [0.29, 0.717) is 6.61 Å². The van der Waals surface area contributed by atoms with Crippen molar-refractivity contribution in [3.8, 4) is 5.75 Å². The lowest BCUT2D eigenvalue weighted by Crippen LogP contribution is -1.86. The lowest BCUT2D eigenvalue weighted by atomic mass is 10.2. The average Bonchev–Trinajstić information content (AvgIpc) is 2.19. The van der Waals surface area contributed by atoms with Gasteiger partial charge in [-0.2, -0.15) is 0 Å². The van der Waals surface area contributed by atoms with Crippen molar-refractivity contribution in [2.75, 3.05) is 13.7 Å². The van der Waals surface area contributed by atoms with Crippen LogP contribution in [0.4, 0.5) is 0 Å². The topological polar surface area (TPSA) is 18.5 Å². The first-order chi connectivity index (χ1) is 6.38. The molecule has 2 heteroatoms. The van der Waals surface area contributed by atoms with Crippen LogP contribution in [0.5, 0.6) is 5.75 Å². The minimum atomic E-state index is 0.512. The van der Waals surface area contributed by atoms with Crippen LogP contribution < -0.4 is 4.74 Å². The van der Waals surface area contributed by atoms with Crippen molar-refractivity contribution in [1.29, 1.82) is 0 Å². The first-order valence-corrected chi connectivity index (χ1v) is 4.05. The Morgan fingerprint density at radius 2 is 2.15 bits per heavy atom. The molecule has 0 aliphatic heterocycles. The fourth-order valence-corrected chi connectivity index (χ4v) is 1.05. The van der Waals surface area contributed by atoms with E-state index in [1.807, 2.05) is 36.4 Å². The molecule has 0 amide bonds. The predicted molar refractivity (Wildman–Crippen MR) is 53.3 cm³/mol. The van der Waals surface area contributed by atoms with Gasteiger partial charge in [0, 0.05) is 5.56 Å². The Morgan fingerprint density at radius 1 is 1.38 bits per heavy atom. The van der Waals surface area contributed by atoms with Gasteiger partial charge in [-0.15, -0.1) is 0 Å². The second kappa shape index (κ2) is 5.38. The molecule has 1 aromatic rings. The van der Waals surface area contributed by atoms with E-state index >= 15 is 0 Å². The summed E-state index contributed by atoms with van der Waals surface area (Å²) < 4.78 is 9.83. The highest BCUT2D eigenvalue weighted by molar-refractivity contribution is 5.57. The van der Waals surface area contributed by atoms with Crippen molar-refractivity contribution in [3.05, 3.63) is 43.0 Å². The maximum absolute atomic E-state index is 5.17. The Kier molecular flexibility index (Phi) is 4.06. The van der Waals surface area contributed by atoms with Crippen molar-refractivity contribution in [2.45, 2.75) is 0 Å². The molecule has 13 heavy (non-hydrogen) atoms. The quantitative estimate of drug-likeness (QED) is 0.703. The van der Waals surface area contributed by atoms with E-state index in [-0.39, 0.29) is 0 Å². The highest BCUT2D eigenvalue weighted by Crippen LogP contribution is 2.18. The molecular formula is C11H13O2. The smallest absolute Gasteiger partial charge is 0.126 e. The van der Waals surface area contributed by atoms with E-state index in [1.165, 1.54) is 0 Å². The van der Waals surface area contributed by atoms with E-state index in [2.05, 4.69) is 11.8 Å². The largest absolute Gasteiger partial charge is 0.496 e. The van der Waals surface area contributed by atoms with Crippen LogP contribution in [0.15, 0.2) is 30.3 Å². The highest BCUT2D eigenvalue weighted by atomic mass is 16.5. The van der Waals surface area contributed by atoms with Crippen molar-refractivity contribution >= 4 is 6.08 Å². The van der Waals surface area contributed by atoms with Crippen LogP contribution in [0.3, 0.4) is 0 Å². The predicted octanol–water partition coefficient (Wildman–Crippen LogP) is 2.52. The van der Waals surface area contributed by atoms with Crippen LogP contribution in [0.2, 0.25) is 0 Å². The Hall–Kier alpha value is -1.28. The molecule has 0 fully saturated rings. The van der Waals surface area contributed by atoms with Gasteiger partial charge in [-0.1, -0.05) is 30.4 Å². The van der Waals surface area contributed by atoms with E-state index in [0.717, 1.165) is 11.3 Å². The van der Waals surface area contributed by atoms with Gasteiger partial charge >= 0.3 is 0 Å². The Balaban J connectivity index is 2.74. The van der Waals surface area contributed by atoms with Gasteiger partial charge in [-0.3, -0.25) is 0 Å². The standard InChI is InChI=1S/C11H13O2/c1-12-9-5-7-10-6-3-4-8-11(10)13-2/h3-8H,1,9H2,2H3. The average molecular weight is 177 g/mol. The number of para-hydroxylation sites is 1. The molecule has 0 aliphatic carbocycles. The third-order valence-electron chi connectivity index (χ3n) is 1.65. The highest BCUT2D eigenvalue weighted by Gasteiger charge is 1.95. The third kappa shape index (κ3) is 2.92. The van der Waals surface area contributed by atoms with Crippen molar-refractivity contribution < 1.29 is 9.47 Å². The number of hydrogen-bond acceptors (Lipinski definition) is 2. The Labute approximate surface area is 78.8 Å². The first kappa shape index (κ1) is 9.81. The zero-order chi connectivity index (χ0) is 9.52.